The number of carboxylic acid groups (broad SMARTS) is 1. The Balaban J connectivity index is 0.000000406. The second-order valence-corrected chi connectivity index (χ2v) is 8.04. The number of halogens is 3. The van der Waals surface area contributed by atoms with Gasteiger partial charge in [0.2, 0.25) is 0 Å². The quantitative estimate of drug-likeness (QED) is 0.470. The molecule has 0 aliphatic carbocycles. The summed E-state index contributed by atoms with van der Waals surface area (Å²) < 4.78 is 35.7. The highest BCUT2D eigenvalue weighted by molar-refractivity contribution is 5.95. The fourth-order valence-corrected chi connectivity index (χ4v) is 3.67. The number of hydrogen-bond acceptors (Lipinski definition) is 4. The predicted molar refractivity (Wildman–Crippen MR) is 125 cm³/mol. The molecule has 0 saturated heterocycles. The molecule has 0 bridgehead atoms. The molecule has 4 rings (SSSR count). The van der Waals surface area contributed by atoms with Crippen LogP contribution in [0.2, 0.25) is 0 Å². The largest absolute Gasteiger partial charge is 0.490 e. The highest BCUT2D eigenvalue weighted by Crippen LogP contribution is 2.28. The summed E-state index contributed by atoms with van der Waals surface area (Å²) in [6.45, 7) is 1.62. The van der Waals surface area contributed by atoms with Crippen LogP contribution in [0, 0.1) is 0 Å². The Hall–Kier alpha value is -3.66. The third kappa shape index (κ3) is 5.45. The number of aromatic nitrogens is 3. The molecule has 180 valence electrons. The van der Waals surface area contributed by atoms with Crippen LogP contribution in [0.5, 0.6) is 0 Å². The standard InChI is InChI=1S/C22H24N4O.C2HF3O2/c1-24(2)13-8-14-26-20-12-7-5-10-18(20)23-21(22(26)27)17-15-25(3)19-11-6-4-9-16(17)19;3-2(4,5)1(6)7/h4-7,9-12,15H,8,13-14H2,1-3H3;(H,6,7). The zero-order chi connectivity index (χ0) is 25.0. The van der Waals surface area contributed by atoms with Crippen molar-refractivity contribution in [3.8, 4) is 11.3 Å². The molecule has 1 N–H and O–H groups in total. The molecule has 2 heterocycles. The lowest BCUT2D eigenvalue weighted by Crippen LogP contribution is -2.25. The lowest BCUT2D eigenvalue weighted by Gasteiger charge is -2.14. The summed E-state index contributed by atoms with van der Waals surface area (Å²) in [7, 11) is 6.10. The molecule has 0 spiro atoms. The lowest BCUT2D eigenvalue weighted by molar-refractivity contribution is -0.192. The minimum absolute atomic E-state index is 0.0243. The van der Waals surface area contributed by atoms with Gasteiger partial charge in [0.05, 0.1) is 11.0 Å². The summed E-state index contributed by atoms with van der Waals surface area (Å²) in [4.78, 5) is 29.2. The van der Waals surface area contributed by atoms with E-state index in [-0.39, 0.29) is 5.56 Å². The molecule has 0 radical (unpaired) electrons. The van der Waals surface area contributed by atoms with E-state index in [9.17, 15) is 18.0 Å². The van der Waals surface area contributed by atoms with E-state index in [1.165, 1.54) is 0 Å². The monoisotopic (exact) mass is 474 g/mol. The van der Waals surface area contributed by atoms with Gasteiger partial charge in [-0.1, -0.05) is 30.3 Å². The molecule has 4 aromatic rings. The lowest BCUT2D eigenvalue weighted by atomic mass is 10.1. The van der Waals surface area contributed by atoms with Gasteiger partial charge in [-0.3, -0.25) is 4.79 Å². The summed E-state index contributed by atoms with van der Waals surface area (Å²) >= 11 is 0. The third-order valence-corrected chi connectivity index (χ3v) is 5.23. The number of carbonyl (C=O) groups is 1. The average molecular weight is 474 g/mol. The molecule has 0 aliphatic heterocycles. The van der Waals surface area contributed by atoms with Crippen LogP contribution < -0.4 is 5.56 Å². The van der Waals surface area contributed by atoms with Gasteiger partial charge in [0, 0.05) is 36.3 Å². The van der Waals surface area contributed by atoms with Crippen LogP contribution in [-0.2, 0) is 18.4 Å². The van der Waals surface area contributed by atoms with Crippen molar-refractivity contribution in [2.45, 2.75) is 19.1 Å². The van der Waals surface area contributed by atoms with E-state index in [1.54, 1.807) is 0 Å². The van der Waals surface area contributed by atoms with Crippen LogP contribution in [0.25, 0.3) is 33.2 Å². The molecule has 0 unspecified atom stereocenters. The van der Waals surface area contributed by atoms with Gasteiger partial charge >= 0.3 is 12.1 Å². The number of carboxylic acids is 1. The molecule has 7 nitrogen and oxygen atoms in total. The van der Waals surface area contributed by atoms with E-state index in [1.807, 2.05) is 54.2 Å². The highest BCUT2D eigenvalue weighted by atomic mass is 19.4. The van der Waals surface area contributed by atoms with Crippen LogP contribution in [0.1, 0.15) is 6.42 Å². The number of fused-ring (bicyclic) bond motifs is 2. The Morgan fingerprint density at radius 3 is 2.26 bits per heavy atom. The average Bonchev–Trinajstić information content (AvgIpc) is 3.11. The van der Waals surface area contributed by atoms with Crippen LogP contribution in [-0.4, -0.2) is 56.9 Å². The Morgan fingerprint density at radius 2 is 1.65 bits per heavy atom. The zero-order valence-corrected chi connectivity index (χ0v) is 19.0. The molecule has 0 amide bonds. The SMILES string of the molecule is CN(C)CCCn1c(=O)c(-c2cn(C)c3ccccc23)nc2ccccc21.O=C(O)C(F)(F)F. The predicted octanol–water partition coefficient (Wildman–Crippen LogP) is 4.14. The van der Waals surface area contributed by atoms with Crippen LogP contribution in [0.3, 0.4) is 0 Å². The van der Waals surface area contributed by atoms with Crippen LogP contribution in [0.15, 0.2) is 59.5 Å². The van der Waals surface area contributed by atoms with Crippen LogP contribution in [0.4, 0.5) is 13.2 Å². The van der Waals surface area contributed by atoms with Crippen molar-refractivity contribution < 1.29 is 23.1 Å². The van der Waals surface area contributed by atoms with Crippen molar-refractivity contribution in [1.82, 2.24) is 19.0 Å². The smallest absolute Gasteiger partial charge is 0.475 e. The second kappa shape index (κ2) is 10.1. The van der Waals surface area contributed by atoms with Gasteiger partial charge in [-0.15, -0.1) is 0 Å². The molecular weight excluding hydrogens is 449 g/mol. The summed E-state index contributed by atoms with van der Waals surface area (Å²) in [6.07, 6.45) is -2.16. The molecule has 2 aromatic carbocycles. The van der Waals surface area contributed by atoms with Crippen molar-refractivity contribution in [2.75, 3.05) is 20.6 Å². The van der Waals surface area contributed by atoms with E-state index in [4.69, 9.17) is 14.9 Å². The minimum Gasteiger partial charge on any atom is -0.475 e. The minimum atomic E-state index is -5.08. The summed E-state index contributed by atoms with van der Waals surface area (Å²) in [5.41, 5.74) is 4.24. The molecule has 34 heavy (non-hydrogen) atoms. The number of hydrogen-bond donors (Lipinski definition) is 1. The Labute approximate surface area is 193 Å². The molecule has 0 aliphatic rings. The van der Waals surface area contributed by atoms with E-state index in [2.05, 4.69) is 35.7 Å². The van der Waals surface area contributed by atoms with Crippen molar-refractivity contribution >= 4 is 27.9 Å². The number of alkyl halides is 3. The van der Waals surface area contributed by atoms with E-state index in [0.717, 1.165) is 40.5 Å². The first-order chi connectivity index (χ1) is 16.0. The van der Waals surface area contributed by atoms with Gasteiger partial charge in [-0.25, -0.2) is 9.78 Å². The number of aryl methyl sites for hydroxylation is 2. The molecule has 10 heteroatoms. The maximum atomic E-state index is 13.4. The van der Waals surface area contributed by atoms with E-state index < -0.39 is 12.1 Å². The number of rotatable bonds is 5. The van der Waals surface area contributed by atoms with Crippen molar-refractivity contribution in [3.63, 3.8) is 0 Å². The number of nitrogens with zero attached hydrogens (tertiary/aromatic N) is 4. The topological polar surface area (TPSA) is 80.4 Å². The van der Waals surface area contributed by atoms with Gasteiger partial charge in [0.15, 0.2) is 0 Å². The number of para-hydroxylation sites is 3. The maximum absolute atomic E-state index is 13.4. The molecule has 0 fully saturated rings. The van der Waals surface area contributed by atoms with E-state index >= 15 is 0 Å². The first-order valence-corrected chi connectivity index (χ1v) is 10.5. The Kier molecular flexibility index (Phi) is 7.41. The van der Waals surface area contributed by atoms with Gasteiger partial charge in [-0.05, 0) is 45.3 Å². The maximum Gasteiger partial charge on any atom is 0.490 e. The number of aliphatic carboxylic acids is 1. The van der Waals surface area contributed by atoms with Gasteiger partial charge in [0.1, 0.15) is 5.69 Å². The normalized spacial score (nSPS) is 11.6. The van der Waals surface area contributed by atoms with Gasteiger partial charge < -0.3 is 19.1 Å². The molecule has 0 atom stereocenters. The highest BCUT2D eigenvalue weighted by Gasteiger charge is 2.38. The third-order valence-electron chi connectivity index (χ3n) is 5.23. The Morgan fingerprint density at radius 1 is 1.06 bits per heavy atom. The Bertz CT molecular complexity index is 1370. The second-order valence-electron chi connectivity index (χ2n) is 8.04. The van der Waals surface area contributed by atoms with Gasteiger partial charge in [-0.2, -0.15) is 13.2 Å². The van der Waals surface area contributed by atoms with Gasteiger partial charge in [0.25, 0.3) is 5.56 Å². The van der Waals surface area contributed by atoms with Crippen LogP contribution >= 0.6 is 0 Å². The van der Waals surface area contributed by atoms with Crippen molar-refractivity contribution in [3.05, 3.63) is 65.1 Å². The molecular formula is C24H25F3N4O3. The fourth-order valence-electron chi connectivity index (χ4n) is 3.67. The van der Waals surface area contributed by atoms with E-state index in [0.29, 0.717) is 12.2 Å². The first-order valence-electron chi connectivity index (χ1n) is 10.5. The fraction of sp³-hybridized carbons (Fsp3) is 0.292. The zero-order valence-electron chi connectivity index (χ0n) is 19.0. The number of benzene rings is 2. The summed E-state index contributed by atoms with van der Waals surface area (Å²) in [5, 5.41) is 8.18. The van der Waals surface area contributed by atoms with Crippen molar-refractivity contribution in [1.29, 1.82) is 0 Å². The van der Waals surface area contributed by atoms with Crippen molar-refractivity contribution in [2.24, 2.45) is 7.05 Å². The summed E-state index contributed by atoms with van der Waals surface area (Å²) in [6, 6.07) is 16.0. The first kappa shape index (κ1) is 25.0. The molecule has 0 saturated carbocycles. The molecule has 2 aromatic heterocycles. The summed E-state index contributed by atoms with van der Waals surface area (Å²) in [5.74, 6) is -2.76.